The van der Waals surface area contributed by atoms with Gasteiger partial charge in [-0.3, -0.25) is 4.79 Å². The molecule has 5 nitrogen and oxygen atoms in total. The van der Waals surface area contributed by atoms with Crippen molar-refractivity contribution < 1.29 is 14.6 Å². The third-order valence-corrected chi connectivity index (χ3v) is 3.67. The maximum atomic E-state index is 11.8. The van der Waals surface area contributed by atoms with E-state index in [9.17, 15) is 9.90 Å². The van der Waals surface area contributed by atoms with Gasteiger partial charge in [-0.15, -0.1) is 11.3 Å². The van der Waals surface area contributed by atoms with Crippen molar-refractivity contribution in [2.45, 2.75) is 37.5 Å². The van der Waals surface area contributed by atoms with Crippen LogP contribution in [0.5, 0.6) is 0 Å². The molecule has 1 heterocycles. The molecule has 1 aromatic heterocycles. The molecule has 1 aromatic rings. The zero-order valence-corrected chi connectivity index (χ0v) is 10.4. The van der Waals surface area contributed by atoms with Gasteiger partial charge >= 0.3 is 0 Å². The number of hydrogen-bond acceptors (Lipinski definition) is 5. The van der Waals surface area contributed by atoms with E-state index in [4.69, 9.17) is 4.74 Å². The lowest BCUT2D eigenvalue weighted by Gasteiger charge is -2.34. The topological polar surface area (TPSA) is 71.5 Å². The summed E-state index contributed by atoms with van der Waals surface area (Å²) in [4.78, 5) is 15.7. The van der Waals surface area contributed by atoms with E-state index in [1.807, 2.05) is 0 Å². The van der Waals surface area contributed by atoms with Gasteiger partial charge in [-0.2, -0.15) is 0 Å². The van der Waals surface area contributed by atoms with E-state index < -0.39 is 6.10 Å². The molecule has 1 aliphatic rings. The Morgan fingerprint density at radius 1 is 1.65 bits per heavy atom. The van der Waals surface area contributed by atoms with E-state index in [2.05, 4.69) is 10.3 Å². The minimum atomic E-state index is -0.642. The van der Waals surface area contributed by atoms with E-state index in [0.717, 1.165) is 19.3 Å². The molecule has 6 heteroatoms. The smallest absolute Gasteiger partial charge is 0.271 e. The monoisotopic (exact) mass is 256 g/mol. The number of rotatable bonds is 3. The maximum absolute atomic E-state index is 11.8. The molecule has 0 aromatic carbocycles. The minimum Gasteiger partial charge on any atom is -0.388 e. The second kappa shape index (κ2) is 5.57. The molecule has 1 amide bonds. The van der Waals surface area contributed by atoms with Crippen molar-refractivity contribution in [1.82, 2.24) is 10.3 Å². The first-order valence-corrected chi connectivity index (χ1v) is 6.56. The van der Waals surface area contributed by atoms with Crippen LogP contribution in [-0.4, -0.2) is 41.4 Å². The third-order valence-electron chi connectivity index (χ3n) is 3.08. The Morgan fingerprint density at radius 2 is 2.47 bits per heavy atom. The quantitative estimate of drug-likeness (QED) is 0.839. The molecule has 0 spiro atoms. The zero-order valence-electron chi connectivity index (χ0n) is 9.63. The largest absolute Gasteiger partial charge is 0.388 e. The fourth-order valence-electron chi connectivity index (χ4n) is 2.12. The molecule has 0 saturated heterocycles. The molecule has 2 rings (SSSR count). The normalized spacial score (nSPS) is 28.9. The summed E-state index contributed by atoms with van der Waals surface area (Å²) in [5.41, 5.74) is 2.02. The van der Waals surface area contributed by atoms with E-state index in [1.165, 1.54) is 11.3 Å². The van der Waals surface area contributed by atoms with E-state index >= 15 is 0 Å². The highest BCUT2D eigenvalue weighted by atomic mass is 32.1. The van der Waals surface area contributed by atoms with Gasteiger partial charge in [-0.25, -0.2) is 4.98 Å². The first-order chi connectivity index (χ1) is 8.22. The summed E-state index contributed by atoms with van der Waals surface area (Å²) >= 11 is 1.38. The molecule has 0 radical (unpaired) electrons. The molecular formula is C11H16N2O3S. The number of amides is 1. The lowest BCUT2D eigenvalue weighted by Crippen LogP contribution is -2.51. The number of aromatic nitrogens is 1. The lowest BCUT2D eigenvalue weighted by molar-refractivity contribution is -0.0513. The highest BCUT2D eigenvalue weighted by Gasteiger charge is 2.33. The van der Waals surface area contributed by atoms with Gasteiger partial charge in [0.05, 0.1) is 17.7 Å². The Morgan fingerprint density at radius 3 is 3.12 bits per heavy atom. The molecule has 94 valence electrons. The molecule has 0 bridgehead atoms. The molecule has 1 aliphatic carbocycles. The van der Waals surface area contributed by atoms with Gasteiger partial charge in [-0.1, -0.05) is 0 Å². The predicted molar refractivity (Wildman–Crippen MR) is 64.0 cm³/mol. The molecule has 2 N–H and O–H groups in total. The highest BCUT2D eigenvalue weighted by molar-refractivity contribution is 7.07. The van der Waals surface area contributed by atoms with E-state index in [0.29, 0.717) is 5.69 Å². The number of thiazole rings is 1. The van der Waals surface area contributed by atoms with Crippen LogP contribution in [-0.2, 0) is 4.74 Å². The maximum Gasteiger partial charge on any atom is 0.271 e. The second-order valence-corrected chi connectivity index (χ2v) is 4.87. The van der Waals surface area contributed by atoms with Gasteiger partial charge in [0.1, 0.15) is 11.8 Å². The van der Waals surface area contributed by atoms with Crippen LogP contribution in [0.15, 0.2) is 10.9 Å². The fraction of sp³-hybridized carbons (Fsp3) is 0.636. The summed E-state index contributed by atoms with van der Waals surface area (Å²) in [5, 5.41) is 14.5. The standard InChI is InChI=1S/C11H16N2O3S/c1-16-9-4-2-3-7(10(9)14)13-11(15)8-5-17-6-12-8/h5-7,9-10,14H,2-4H2,1H3,(H,13,15)/t7-,9-,10-/m1/s1. The van der Waals surface area contributed by atoms with Gasteiger partial charge in [-0.05, 0) is 19.3 Å². The van der Waals surface area contributed by atoms with Crippen LogP contribution in [0, 0.1) is 0 Å². The summed E-state index contributed by atoms with van der Waals surface area (Å²) < 4.78 is 5.19. The van der Waals surface area contributed by atoms with Crippen LogP contribution in [0.25, 0.3) is 0 Å². The van der Waals surface area contributed by atoms with Gasteiger partial charge in [0.25, 0.3) is 5.91 Å². The summed E-state index contributed by atoms with van der Waals surface area (Å²) in [6, 6.07) is -0.247. The Kier molecular flexibility index (Phi) is 4.09. The molecular weight excluding hydrogens is 240 g/mol. The van der Waals surface area contributed by atoms with Crippen molar-refractivity contribution in [2.75, 3.05) is 7.11 Å². The number of carbonyl (C=O) groups is 1. The van der Waals surface area contributed by atoms with E-state index in [1.54, 1.807) is 18.0 Å². The zero-order chi connectivity index (χ0) is 12.3. The Hall–Kier alpha value is -0.980. The predicted octanol–water partition coefficient (Wildman–Crippen LogP) is 0.801. The number of nitrogens with zero attached hydrogens (tertiary/aromatic N) is 1. The highest BCUT2D eigenvalue weighted by Crippen LogP contribution is 2.21. The number of hydrogen-bond donors (Lipinski definition) is 2. The third kappa shape index (κ3) is 2.83. The van der Waals surface area contributed by atoms with Crippen LogP contribution < -0.4 is 5.32 Å². The molecule has 17 heavy (non-hydrogen) atoms. The second-order valence-electron chi connectivity index (χ2n) is 4.15. The number of aliphatic hydroxyl groups is 1. The van der Waals surface area contributed by atoms with Gasteiger partial charge < -0.3 is 15.2 Å². The Balaban J connectivity index is 1.96. The van der Waals surface area contributed by atoms with Crippen molar-refractivity contribution >= 4 is 17.2 Å². The summed E-state index contributed by atoms with van der Waals surface area (Å²) in [5.74, 6) is -0.230. The number of aliphatic hydroxyl groups excluding tert-OH is 1. The average Bonchev–Trinajstić information content (AvgIpc) is 2.85. The first kappa shape index (κ1) is 12.5. The average molecular weight is 256 g/mol. The summed E-state index contributed by atoms with van der Waals surface area (Å²) in [6.07, 6.45) is 1.72. The SMILES string of the molecule is CO[C@@H]1CCC[C@@H](NC(=O)c2cscn2)[C@H]1O. The van der Waals surface area contributed by atoms with Crippen LogP contribution >= 0.6 is 11.3 Å². The van der Waals surface area contributed by atoms with Crippen molar-refractivity contribution in [2.24, 2.45) is 0 Å². The van der Waals surface area contributed by atoms with Crippen molar-refractivity contribution in [3.05, 3.63) is 16.6 Å². The number of methoxy groups -OCH3 is 1. The number of ether oxygens (including phenoxy) is 1. The van der Waals surface area contributed by atoms with Crippen molar-refractivity contribution in [1.29, 1.82) is 0 Å². The summed E-state index contributed by atoms with van der Waals surface area (Å²) in [6.45, 7) is 0. The van der Waals surface area contributed by atoms with Gasteiger partial charge in [0.2, 0.25) is 0 Å². The van der Waals surface area contributed by atoms with Crippen molar-refractivity contribution in [3.8, 4) is 0 Å². The molecule has 1 saturated carbocycles. The fourth-order valence-corrected chi connectivity index (χ4v) is 2.65. The minimum absolute atomic E-state index is 0.190. The summed E-state index contributed by atoms with van der Waals surface area (Å²) in [7, 11) is 1.58. The van der Waals surface area contributed by atoms with Gasteiger partial charge in [0, 0.05) is 12.5 Å². The number of nitrogens with one attached hydrogen (secondary N) is 1. The molecule has 1 fully saturated rings. The molecule has 3 atom stereocenters. The van der Waals surface area contributed by atoms with Crippen molar-refractivity contribution in [3.63, 3.8) is 0 Å². The Labute approximate surface area is 104 Å². The van der Waals surface area contributed by atoms with E-state index in [-0.39, 0.29) is 18.1 Å². The van der Waals surface area contributed by atoms with Crippen LogP contribution in [0.3, 0.4) is 0 Å². The van der Waals surface area contributed by atoms with Crippen LogP contribution in [0.4, 0.5) is 0 Å². The van der Waals surface area contributed by atoms with Gasteiger partial charge in [0.15, 0.2) is 0 Å². The lowest BCUT2D eigenvalue weighted by atomic mass is 9.90. The first-order valence-electron chi connectivity index (χ1n) is 5.62. The Bertz CT molecular complexity index is 369. The number of carbonyl (C=O) groups excluding carboxylic acids is 1. The van der Waals surface area contributed by atoms with Crippen LogP contribution in [0.2, 0.25) is 0 Å². The molecule has 0 aliphatic heterocycles. The van der Waals surface area contributed by atoms with Crippen LogP contribution in [0.1, 0.15) is 29.8 Å². The molecule has 0 unspecified atom stereocenters.